The van der Waals surface area contributed by atoms with E-state index in [1.165, 1.54) is 154 Å². The van der Waals surface area contributed by atoms with E-state index in [-0.39, 0.29) is 11.8 Å². The van der Waals surface area contributed by atoms with E-state index in [0.717, 1.165) is 90.1 Å². The Kier molecular flexibility index (Phi) is 20.5. The van der Waals surface area contributed by atoms with E-state index in [2.05, 4.69) is 508 Å². The fraction of sp³-hybridized carbons (Fsp3) is 0. The Labute approximate surface area is 804 Å². The Morgan fingerprint density at radius 1 is 0.180 bits per heavy atom. The topological polar surface area (TPSA) is 63.6 Å². The van der Waals surface area contributed by atoms with Gasteiger partial charge in [0.15, 0.2) is 0 Å². The summed E-state index contributed by atoms with van der Waals surface area (Å²) in [5.41, 5.74) is 35.8. The molecule has 2 amide bonds. The van der Waals surface area contributed by atoms with Gasteiger partial charge in [-0.15, -0.1) is 0 Å². The maximum absolute atomic E-state index is 12.3. The second kappa shape index (κ2) is 34.7. The van der Waals surface area contributed by atoms with Crippen LogP contribution in [0.4, 0.5) is 39.8 Å². The molecule has 0 radical (unpaired) electrons. The van der Waals surface area contributed by atoms with Gasteiger partial charge in [-0.2, -0.15) is 0 Å². The number of para-hydroxylation sites is 8. The largest absolute Gasteiger partial charge is 0.311 e. The molecule has 0 N–H and O–H groups in total. The van der Waals surface area contributed by atoms with E-state index in [0.29, 0.717) is 5.69 Å². The van der Waals surface area contributed by atoms with E-state index in [1.807, 2.05) is 30.3 Å². The summed E-state index contributed by atoms with van der Waals surface area (Å²) < 4.78 is 9.43. The van der Waals surface area contributed by atoms with E-state index >= 15 is 0 Å². The molecular formula is C130H87N7O2. The van der Waals surface area contributed by atoms with Gasteiger partial charge in [-0.3, -0.25) is 9.59 Å². The van der Waals surface area contributed by atoms with Gasteiger partial charge in [0.1, 0.15) is 0 Å². The lowest BCUT2D eigenvalue weighted by molar-refractivity contribution is -0.120. The fourth-order valence-corrected chi connectivity index (χ4v) is 20.8. The number of fused-ring (bicyclic) bond motifs is 13. The number of anilines is 7. The first kappa shape index (κ1) is 82.2. The Morgan fingerprint density at radius 3 is 0.719 bits per heavy atom. The van der Waals surface area contributed by atoms with Crippen LogP contribution in [0.3, 0.4) is 0 Å². The number of hydrogen-bond acceptors (Lipinski definition) is 4. The van der Waals surface area contributed by atoms with Gasteiger partial charge in [0, 0.05) is 112 Å². The van der Waals surface area contributed by atoms with Gasteiger partial charge < -0.3 is 28.1 Å². The highest BCUT2D eigenvalue weighted by Gasteiger charge is 2.27. The van der Waals surface area contributed by atoms with Crippen LogP contribution in [-0.4, -0.2) is 30.1 Å². The van der Waals surface area contributed by atoms with Gasteiger partial charge in [-0.25, -0.2) is 4.90 Å². The molecule has 26 rings (SSSR count). The van der Waals surface area contributed by atoms with Crippen molar-refractivity contribution in [1.82, 2.24) is 18.3 Å². The summed E-state index contributed by atoms with van der Waals surface area (Å²) in [6.45, 7) is 3.94. The van der Waals surface area contributed by atoms with Gasteiger partial charge in [0.25, 0.3) is 11.8 Å². The van der Waals surface area contributed by atoms with Crippen LogP contribution < -0.4 is 14.7 Å². The van der Waals surface area contributed by atoms with Gasteiger partial charge >= 0.3 is 0 Å². The number of hydrogen-bond donors (Lipinski definition) is 0. The lowest BCUT2D eigenvalue weighted by Gasteiger charge is -2.26. The minimum Gasteiger partial charge on any atom is -0.311 e. The highest BCUT2D eigenvalue weighted by Crippen LogP contribution is 2.46. The summed E-state index contributed by atoms with van der Waals surface area (Å²) in [7, 11) is 0. The first-order chi connectivity index (χ1) is 68.7. The number of benzene rings is 21. The van der Waals surface area contributed by atoms with Crippen LogP contribution in [0.5, 0.6) is 0 Å². The number of carbonyl (C=O) groups is 2. The molecule has 1 aliphatic rings. The van der Waals surface area contributed by atoms with Gasteiger partial charge in [0.2, 0.25) is 0 Å². The average Bonchev–Trinajstić information content (AvgIpc) is 1.54. The second-order valence-corrected chi connectivity index (χ2v) is 35.5. The van der Waals surface area contributed by atoms with Crippen molar-refractivity contribution in [2.75, 3.05) is 14.7 Å². The maximum atomic E-state index is 12.3. The fourth-order valence-electron chi connectivity index (χ4n) is 20.8. The Bertz CT molecular complexity index is 8900. The minimum absolute atomic E-state index is 0.329. The van der Waals surface area contributed by atoms with Crippen molar-refractivity contribution in [1.29, 1.82) is 0 Å². The molecule has 0 bridgehead atoms. The third kappa shape index (κ3) is 14.9. The highest BCUT2D eigenvalue weighted by molar-refractivity contribution is 6.28. The van der Waals surface area contributed by atoms with Crippen molar-refractivity contribution in [3.05, 3.63) is 522 Å². The molecule has 9 heteroatoms. The zero-order chi connectivity index (χ0) is 92.5. The van der Waals surface area contributed by atoms with Crippen LogP contribution >= 0.6 is 0 Å². The predicted octanol–water partition coefficient (Wildman–Crippen LogP) is 33.9. The molecule has 4 aromatic heterocycles. The molecule has 1 aliphatic heterocycles. The Hall–Kier alpha value is -18.7. The molecule has 0 aliphatic carbocycles. The summed E-state index contributed by atoms with van der Waals surface area (Å²) in [4.78, 5) is 30.5. The number of aromatic nitrogens is 4. The van der Waals surface area contributed by atoms with Crippen LogP contribution in [-0.2, 0) is 9.59 Å². The third-order valence-electron chi connectivity index (χ3n) is 27.5. The van der Waals surface area contributed by atoms with Gasteiger partial charge in [-0.05, 0) is 295 Å². The van der Waals surface area contributed by atoms with Crippen molar-refractivity contribution >= 4 is 156 Å². The molecule has 0 unspecified atom stereocenters. The molecule has 654 valence electrons. The number of nitrogens with zero attached hydrogens (tertiary/aromatic N) is 7. The Balaban J connectivity index is 0.000000147. The van der Waals surface area contributed by atoms with Crippen LogP contribution in [0.1, 0.15) is 5.56 Å². The van der Waals surface area contributed by atoms with Crippen molar-refractivity contribution in [2.24, 2.45) is 0 Å². The summed E-state index contributed by atoms with van der Waals surface area (Å²) >= 11 is 0. The average molecular weight is 1780 g/mol. The van der Waals surface area contributed by atoms with Crippen LogP contribution in [0.15, 0.2) is 516 Å². The monoisotopic (exact) mass is 1780 g/mol. The molecule has 9 nitrogen and oxygen atoms in total. The maximum Gasteiger partial charge on any atom is 0.258 e. The summed E-state index contributed by atoms with van der Waals surface area (Å²) in [6, 6.07) is 179. The number of carbonyl (C=O) groups excluding carboxylic acids is 2. The van der Waals surface area contributed by atoms with Crippen LogP contribution in [0, 0.1) is 0 Å². The van der Waals surface area contributed by atoms with Crippen molar-refractivity contribution in [3.8, 4) is 89.5 Å². The first-order valence-corrected chi connectivity index (χ1v) is 47.1. The standard InChI is InChI=1S/C66H45N3.C64H42N4O2/c1-2-45-21-23-46(24-22-45)47-27-34-56(35-28-47)67(57-36-29-48(30-37-57)52-32-39-65-61(43-52)59-17-9-11-19-63(59)68(65)54-13-5-3-6-14-54)58-38-31-50-41-49(25-26-51(50)42-58)53-33-40-66-62(44-53)60-18-10-12-20-64(60)69(66)55-15-7-4-8-16-55;69-63-39-40-64(70)68(63)54-35-21-44(22-36-54)43-19-29-51(30-20-43)65(52-31-23-45(24-32-52)47-27-37-61-57(41-47)55-15-7-9-17-59(55)66(61)49-11-3-1-4-12-49)53-33-25-46(26-34-53)48-28-38-62-58(42-48)56-16-8-10-18-60(56)67(62)50-13-5-2-6-14-50/h2-44H,1H2;1-42H. The molecule has 139 heavy (non-hydrogen) atoms. The van der Waals surface area contributed by atoms with Crippen molar-refractivity contribution in [3.63, 3.8) is 0 Å². The quantitative estimate of drug-likeness (QED) is 0.0803. The molecule has 0 fully saturated rings. The predicted molar refractivity (Wildman–Crippen MR) is 581 cm³/mol. The van der Waals surface area contributed by atoms with E-state index in [1.54, 1.807) is 0 Å². The molecule has 0 spiro atoms. The number of amides is 2. The first-order valence-electron chi connectivity index (χ1n) is 47.1. The van der Waals surface area contributed by atoms with Crippen molar-refractivity contribution < 1.29 is 9.59 Å². The molecule has 5 heterocycles. The van der Waals surface area contributed by atoms with Crippen LogP contribution in [0.25, 0.3) is 194 Å². The Morgan fingerprint density at radius 2 is 0.403 bits per heavy atom. The van der Waals surface area contributed by atoms with Crippen LogP contribution in [0.2, 0.25) is 0 Å². The van der Waals surface area contributed by atoms with E-state index < -0.39 is 0 Å². The summed E-state index contributed by atoms with van der Waals surface area (Å²) in [6.07, 6.45) is 4.49. The lowest BCUT2D eigenvalue weighted by Crippen LogP contribution is -2.29. The zero-order valence-electron chi connectivity index (χ0n) is 75.7. The molecule has 21 aromatic carbocycles. The molecule has 0 atom stereocenters. The molecular weight excluding hydrogens is 1690 g/mol. The molecule has 25 aromatic rings. The molecule has 0 saturated carbocycles. The SMILES string of the molecule is C=Cc1ccc(-c2ccc(N(c3ccc(-c4ccc5c(c4)c4ccccc4n5-c4ccccc4)cc3)c3ccc4cc(-c5ccc6c(c5)c5ccccc5n6-c5ccccc5)ccc4c3)cc2)cc1.O=C1C=CC(=O)N1c1ccc(-c2ccc(N(c3ccc(-c4ccc5c(c4)c4ccccc4n5-c4ccccc4)cc3)c3ccc(-c4ccc5c(c4)c4ccccc4n5-c4ccccc4)cc3)cc2)cc1. The van der Waals surface area contributed by atoms with Gasteiger partial charge in [0.05, 0.1) is 49.8 Å². The number of rotatable bonds is 18. The third-order valence-corrected chi connectivity index (χ3v) is 27.5. The highest BCUT2D eigenvalue weighted by atomic mass is 16.2. The number of imide groups is 1. The minimum atomic E-state index is -0.329. The zero-order valence-corrected chi connectivity index (χ0v) is 75.7. The van der Waals surface area contributed by atoms with Gasteiger partial charge in [-0.1, -0.05) is 298 Å². The summed E-state index contributed by atoms with van der Waals surface area (Å²) in [5.74, 6) is -0.658. The second-order valence-electron chi connectivity index (χ2n) is 35.5. The van der Waals surface area contributed by atoms with E-state index in [9.17, 15) is 9.59 Å². The summed E-state index contributed by atoms with van der Waals surface area (Å²) in [5, 5.41) is 12.3. The molecule has 0 saturated heterocycles. The van der Waals surface area contributed by atoms with E-state index in [4.69, 9.17) is 0 Å². The smallest absolute Gasteiger partial charge is 0.258 e. The van der Waals surface area contributed by atoms with Crippen molar-refractivity contribution in [2.45, 2.75) is 0 Å². The lowest BCUT2D eigenvalue weighted by atomic mass is 9.98. The normalized spacial score (nSPS) is 12.0.